The molecule has 8 aromatic rings. The third-order valence-corrected chi connectivity index (χ3v) is 11.6. The van der Waals surface area contributed by atoms with E-state index in [2.05, 4.69) is 190 Å². The van der Waals surface area contributed by atoms with Crippen molar-refractivity contribution in [2.24, 2.45) is 0 Å². The molecule has 2 aliphatic heterocycles. The van der Waals surface area contributed by atoms with Gasteiger partial charge in [-0.1, -0.05) is 126 Å². The van der Waals surface area contributed by atoms with Crippen LogP contribution in [0.5, 0.6) is 0 Å². The molecule has 7 aromatic carbocycles. The van der Waals surface area contributed by atoms with E-state index < -0.39 is 0 Å². The van der Waals surface area contributed by atoms with Crippen LogP contribution in [0.4, 0.5) is 34.1 Å². The summed E-state index contributed by atoms with van der Waals surface area (Å²) < 4.78 is 0. The number of hydrogen-bond acceptors (Lipinski definition) is 5. The maximum atomic E-state index is 4.69. The minimum absolute atomic E-state index is 0.0329. The molecule has 0 fully saturated rings. The quantitative estimate of drug-likeness (QED) is 0.171. The molecule has 0 radical (unpaired) electrons. The Kier molecular flexibility index (Phi) is 7.34. The number of nitrogens with zero attached hydrogens (tertiary/aromatic N) is 5. The molecule has 0 saturated heterocycles. The highest BCUT2D eigenvalue weighted by atomic mass is 15.2. The molecule has 0 unspecified atom stereocenters. The van der Waals surface area contributed by atoms with Gasteiger partial charge in [0.2, 0.25) is 0 Å². The zero-order valence-corrected chi connectivity index (χ0v) is 32.2. The number of rotatable bonds is 3. The summed E-state index contributed by atoms with van der Waals surface area (Å²) in [4.78, 5) is 18.5. The van der Waals surface area contributed by atoms with Gasteiger partial charge in [-0.3, -0.25) is 0 Å². The highest BCUT2D eigenvalue weighted by molar-refractivity contribution is 7.02. The van der Waals surface area contributed by atoms with Gasteiger partial charge in [0.25, 0.3) is 6.71 Å². The fourth-order valence-electron chi connectivity index (χ4n) is 8.84. The highest BCUT2D eigenvalue weighted by Crippen LogP contribution is 2.47. The van der Waals surface area contributed by atoms with Gasteiger partial charge in [-0.2, -0.15) is 0 Å². The van der Waals surface area contributed by atoms with Crippen LogP contribution in [0.3, 0.4) is 0 Å². The predicted octanol–water partition coefficient (Wildman–Crippen LogP) is 10.5. The van der Waals surface area contributed by atoms with Crippen molar-refractivity contribution in [1.29, 1.82) is 0 Å². The summed E-state index contributed by atoms with van der Waals surface area (Å²) in [5.41, 5.74) is 14.4. The van der Waals surface area contributed by atoms with Crippen LogP contribution in [0, 0.1) is 0 Å². The van der Waals surface area contributed by atoms with Crippen LogP contribution in [0.2, 0.25) is 0 Å². The number of aromatic nitrogens is 3. The van der Waals surface area contributed by atoms with Gasteiger partial charge in [-0.15, -0.1) is 0 Å². The standard InChI is InChI=1S/C49H42BN5/c1-48(2,3)34-17-21-36(22-18-34)54-40-25-15-31-11-7-9-13-38(31)44(40)50-45-39-14-10-8-12-32(39)16-26-41(45)55(37-23-19-35(20-24-37)49(4,5)6)43-28-33(27-42(54)46(43)50)47-52-29-51-30-53-47/h7-30H,1-6H3. The van der Waals surface area contributed by atoms with Crippen LogP contribution in [-0.2, 0) is 10.8 Å². The Hall–Kier alpha value is -6.27. The lowest BCUT2D eigenvalue weighted by Crippen LogP contribution is -2.61. The van der Waals surface area contributed by atoms with Crippen molar-refractivity contribution in [3.8, 4) is 11.4 Å². The SMILES string of the molecule is CC(C)(C)c1ccc(N2c3cc(-c4ncncn4)cc4c3B(c3c2ccc2ccccc32)c2c(ccc3ccccc23)N4c2ccc(C(C)(C)C)cc2)cc1. The van der Waals surface area contributed by atoms with Gasteiger partial charge in [0, 0.05) is 39.7 Å². The maximum absolute atomic E-state index is 4.69. The molecule has 6 heteroatoms. The van der Waals surface area contributed by atoms with Crippen LogP contribution < -0.4 is 26.2 Å². The average Bonchev–Trinajstić information content (AvgIpc) is 3.20. The van der Waals surface area contributed by atoms with E-state index in [9.17, 15) is 0 Å². The lowest BCUT2D eigenvalue weighted by molar-refractivity contribution is 0.590. The smallest absolute Gasteiger partial charge is 0.253 e. The number of fused-ring (bicyclic) bond motifs is 8. The second-order valence-corrected chi connectivity index (χ2v) is 17.0. The summed E-state index contributed by atoms with van der Waals surface area (Å²) in [6, 6.07) is 49.9. The summed E-state index contributed by atoms with van der Waals surface area (Å²) >= 11 is 0. The first-order valence-corrected chi connectivity index (χ1v) is 19.2. The number of benzene rings is 7. The van der Waals surface area contributed by atoms with Crippen molar-refractivity contribution < 1.29 is 0 Å². The largest absolute Gasteiger partial charge is 0.311 e. The molecule has 0 aliphatic carbocycles. The average molecular weight is 712 g/mol. The second-order valence-electron chi connectivity index (χ2n) is 17.0. The van der Waals surface area contributed by atoms with E-state index in [4.69, 9.17) is 9.97 Å². The van der Waals surface area contributed by atoms with E-state index in [0.717, 1.165) is 28.3 Å². The molecule has 2 aliphatic rings. The molecule has 10 rings (SSSR count). The van der Waals surface area contributed by atoms with Crippen molar-refractivity contribution in [1.82, 2.24) is 15.0 Å². The first-order chi connectivity index (χ1) is 26.6. The van der Waals surface area contributed by atoms with Crippen LogP contribution in [0.1, 0.15) is 52.7 Å². The highest BCUT2D eigenvalue weighted by Gasteiger charge is 2.45. The maximum Gasteiger partial charge on any atom is 0.253 e. The van der Waals surface area contributed by atoms with Gasteiger partial charge in [0.05, 0.1) is 0 Å². The van der Waals surface area contributed by atoms with Gasteiger partial charge in [0.1, 0.15) is 12.7 Å². The summed E-state index contributed by atoms with van der Waals surface area (Å²) in [7, 11) is 0. The lowest BCUT2D eigenvalue weighted by atomic mass is 9.32. The molecule has 0 bridgehead atoms. The van der Waals surface area contributed by atoms with E-state index in [1.807, 2.05) is 0 Å². The number of anilines is 6. The minimum atomic E-state index is -0.0465. The van der Waals surface area contributed by atoms with Crippen LogP contribution in [0.25, 0.3) is 32.9 Å². The lowest BCUT2D eigenvalue weighted by Gasteiger charge is -2.45. The Bertz CT molecular complexity index is 2610. The topological polar surface area (TPSA) is 45.2 Å². The first-order valence-electron chi connectivity index (χ1n) is 19.2. The molecule has 0 amide bonds. The van der Waals surface area contributed by atoms with Gasteiger partial charge in [-0.05, 0) is 108 Å². The normalized spacial score (nSPS) is 13.5. The molecular weight excluding hydrogens is 669 g/mol. The Morgan fingerprint density at radius 1 is 0.455 bits per heavy atom. The Balaban J connectivity index is 1.36. The molecule has 0 saturated carbocycles. The van der Waals surface area contributed by atoms with Gasteiger partial charge < -0.3 is 9.80 Å². The fraction of sp³-hybridized carbons (Fsp3) is 0.163. The van der Waals surface area contributed by atoms with Crippen molar-refractivity contribution in [3.05, 3.63) is 157 Å². The van der Waals surface area contributed by atoms with Crippen LogP contribution >= 0.6 is 0 Å². The van der Waals surface area contributed by atoms with E-state index in [1.165, 1.54) is 60.4 Å². The molecule has 266 valence electrons. The zero-order valence-electron chi connectivity index (χ0n) is 32.2. The monoisotopic (exact) mass is 711 g/mol. The Morgan fingerprint density at radius 3 is 1.33 bits per heavy atom. The van der Waals surface area contributed by atoms with Gasteiger partial charge in [-0.25, -0.2) is 15.0 Å². The molecule has 1 aromatic heterocycles. The van der Waals surface area contributed by atoms with Crippen molar-refractivity contribution in [2.75, 3.05) is 9.80 Å². The molecule has 3 heterocycles. The third-order valence-electron chi connectivity index (χ3n) is 11.6. The summed E-state index contributed by atoms with van der Waals surface area (Å²) in [6.07, 6.45) is 3.18. The second kappa shape index (κ2) is 12.1. The van der Waals surface area contributed by atoms with Gasteiger partial charge in [0.15, 0.2) is 5.82 Å². The molecule has 0 N–H and O–H groups in total. The molecule has 55 heavy (non-hydrogen) atoms. The Morgan fingerprint density at radius 2 is 0.891 bits per heavy atom. The first kappa shape index (κ1) is 33.3. The van der Waals surface area contributed by atoms with Crippen LogP contribution in [0.15, 0.2) is 146 Å². The molecule has 0 spiro atoms. The van der Waals surface area contributed by atoms with E-state index >= 15 is 0 Å². The third kappa shape index (κ3) is 5.26. The minimum Gasteiger partial charge on any atom is -0.311 e. The predicted molar refractivity (Wildman–Crippen MR) is 232 cm³/mol. The zero-order chi connectivity index (χ0) is 37.6. The summed E-state index contributed by atoms with van der Waals surface area (Å²) in [6.45, 7) is 13.6. The fourth-order valence-corrected chi connectivity index (χ4v) is 8.84. The van der Waals surface area contributed by atoms with E-state index in [0.29, 0.717) is 5.82 Å². The van der Waals surface area contributed by atoms with E-state index in [-0.39, 0.29) is 17.5 Å². The summed E-state index contributed by atoms with van der Waals surface area (Å²) in [5, 5.41) is 5.00. The van der Waals surface area contributed by atoms with Crippen molar-refractivity contribution in [3.63, 3.8) is 0 Å². The summed E-state index contributed by atoms with van der Waals surface area (Å²) in [5.74, 6) is 0.644. The molecule has 5 nitrogen and oxygen atoms in total. The van der Waals surface area contributed by atoms with E-state index in [1.54, 1.807) is 12.7 Å². The Labute approximate surface area is 323 Å². The molecular formula is C49H42BN5. The van der Waals surface area contributed by atoms with Crippen LogP contribution in [-0.4, -0.2) is 21.7 Å². The number of hydrogen-bond donors (Lipinski definition) is 0. The molecule has 0 atom stereocenters. The van der Waals surface area contributed by atoms with Gasteiger partial charge >= 0.3 is 0 Å². The van der Waals surface area contributed by atoms with Crippen molar-refractivity contribution >= 4 is 78.8 Å². The van der Waals surface area contributed by atoms with Crippen molar-refractivity contribution in [2.45, 2.75) is 52.4 Å².